The van der Waals surface area contributed by atoms with E-state index in [0.29, 0.717) is 0 Å². The molecule has 0 bridgehead atoms. The van der Waals surface area contributed by atoms with Crippen LogP contribution < -0.4 is 4.74 Å². The molecule has 1 aromatic rings. The van der Waals surface area contributed by atoms with Crippen LogP contribution in [-0.4, -0.2) is 6.61 Å². The zero-order valence-electron chi connectivity index (χ0n) is 9.63. The molecule has 0 aromatic heterocycles. The number of rotatable bonds is 2. The summed E-state index contributed by atoms with van der Waals surface area (Å²) in [6.07, 6.45) is 4.89. The van der Waals surface area contributed by atoms with E-state index in [0.717, 1.165) is 55.0 Å². The van der Waals surface area contributed by atoms with Gasteiger partial charge in [-0.2, -0.15) is 5.26 Å². The Kier molecular flexibility index (Phi) is 2.52. The van der Waals surface area contributed by atoms with Crippen LogP contribution in [-0.2, 0) is 12.8 Å². The van der Waals surface area contributed by atoms with Crippen LogP contribution >= 0.6 is 11.6 Å². The van der Waals surface area contributed by atoms with Crippen LogP contribution in [0.3, 0.4) is 0 Å². The minimum Gasteiger partial charge on any atom is -0.493 e. The van der Waals surface area contributed by atoms with E-state index in [-0.39, 0.29) is 5.41 Å². The quantitative estimate of drug-likeness (QED) is 0.801. The molecular formula is C14H14ClNO. The van der Waals surface area contributed by atoms with Crippen LogP contribution in [0.2, 0.25) is 5.02 Å². The zero-order valence-corrected chi connectivity index (χ0v) is 10.4. The fourth-order valence-corrected chi connectivity index (χ4v) is 3.04. The number of hydrogen-bond acceptors (Lipinski definition) is 2. The first-order valence-corrected chi connectivity index (χ1v) is 6.46. The largest absolute Gasteiger partial charge is 0.493 e. The Morgan fingerprint density at radius 3 is 2.88 bits per heavy atom. The van der Waals surface area contributed by atoms with Gasteiger partial charge < -0.3 is 4.74 Å². The molecule has 1 aliphatic carbocycles. The van der Waals surface area contributed by atoms with Gasteiger partial charge in [-0.1, -0.05) is 18.0 Å². The highest BCUT2D eigenvalue weighted by molar-refractivity contribution is 6.30. The van der Waals surface area contributed by atoms with Gasteiger partial charge in [-0.25, -0.2) is 0 Å². The maximum atomic E-state index is 9.29. The van der Waals surface area contributed by atoms with Gasteiger partial charge in [-0.05, 0) is 42.5 Å². The molecule has 3 heteroatoms. The maximum Gasteiger partial charge on any atom is 0.125 e. The van der Waals surface area contributed by atoms with Crippen LogP contribution in [0.4, 0.5) is 0 Å². The van der Waals surface area contributed by atoms with Crippen molar-refractivity contribution in [3.8, 4) is 11.8 Å². The Labute approximate surface area is 106 Å². The molecule has 1 fully saturated rings. The second kappa shape index (κ2) is 3.92. The average molecular weight is 248 g/mol. The van der Waals surface area contributed by atoms with Crippen molar-refractivity contribution in [2.45, 2.75) is 32.1 Å². The second-order valence-electron chi connectivity index (χ2n) is 5.07. The lowest BCUT2D eigenvalue weighted by Crippen LogP contribution is -2.30. The summed E-state index contributed by atoms with van der Waals surface area (Å²) in [5.74, 6) is 0.982. The van der Waals surface area contributed by atoms with E-state index in [4.69, 9.17) is 16.3 Å². The first kappa shape index (κ1) is 10.9. The van der Waals surface area contributed by atoms with Crippen LogP contribution in [0, 0.1) is 16.7 Å². The molecular weight excluding hydrogens is 234 g/mol. The van der Waals surface area contributed by atoms with Crippen LogP contribution in [0.5, 0.6) is 5.75 Å². The summed E-state index contributed by atoms with van der Waals surface area (Å²) in [5.41, 5.74) is 2.15. The normalized spacial score (nSPS) is 20.0. The van der Waals surface area contributed by atoms with E-state index in [2.05, 4.69) is 6.07 Å². The number of nitriles is 1. The van der Waals surface area contributed by atoms with Crippen molar-refractivity contribution >= 4 is 11.6 Å². The number of benzene rings is 1. The third kappa shape index (κ3) is 1.79. The first-order valence-electron chi connectivity index (χ1n) is 6.08. The Hall–Kier alpha value is -1.20. The predicted molar refractivity (Wildman–Crippen MR) is 66.3 cm³/mol. The minimum absolute atomic E-state index is 0.162. The molecule has 3 rings (SSSR count). The summed E-state index contributed by atoms with van der Waals surface area (Å²) >= 11 is 6.12. The van der Waals surface area contributed by atoms with Crippen molar-refractivity contribution in [3.63, 3.8) is 0 Å². The second-order valence-corrected chi connectivity index (χ2v) is 5.51. The van der Waals surface area contributed by atoms with Crippen molar-refractivity contribution in [3.05, 3.63) is 28.3 Å². The molecule has 0 amide bonds. The standard InChI is InChI=1S/C14H14ClNO/c15-12-6-10-2-5-17-13(10)11(7-12)8-14(9-16)3-1-4-14/h6-7H,1-5,8H2. The molecule has 0 unspecified atom stereocenters. The molecule has 1 heterocycles. The monoisotopic (exact) mass is 247 g/mol. The topological polar surface area (TPSA) is 33.0 Å². The SMILES string of the molecule is N#CC1(Cc2cc(Cl)cc3c2OCC3)CCC1. The summed E-state index contributed by atoms with van der Waals surface area (Å²) < 4.78 is 5.68. The molecule has 2 aliphatic rings. The smallest absolute Gasteiger partial charge is 0.125 e. The molecule has 0 atom stereocenters. The molecule has 2 nitrogen and oxygen atoms in total. The van der Waals surface area contributed by atoms with Crippen molar-refractivity contribution in [2.24, 2.45) is 5.41 Å². The minimum atomic E-state index is -0.162. The summed E-state index contributed by atoms with van der Waals surface area (Å²) in [5, 5.41) is 10.1. The lowest BCUT2D eigenvalue weighted by atomic mass is 9.66. The van der Waals surface area contributed by atoms with Crippen molar-refractivity contribution in [1.29, 1.82) is 5.26 Å². The number of nitrogens with zero attached hydrogens (tertiary/aromatic N) is 1. The van der Waals surface area contributed by atoms with Gasteiger partial charge >= 0.3 is 0 Å². The molecule has 1 saturated carbocycles. The molecule has 1 aliphatic heterocycles. The number of fused-ring (bicyclic) bond motifs is 1. The third-order valence-corrected chi connectivity index (χ3v) is 4.12. The van der Waals surface area contributed by atoms with E-state index >= 15 is 0 Å². The maximum absolute atomic E-state index is 9.29. The van der Waals surface area contributed by atoms with E-state index < -0.39 is 0 Å². The molecule has 0 N–H and O–H groups in total. The summed E-state index contributed by atoms with van der Waals surface area (Å²) in [7, 11) is 0. The van der Waals surface area contributed by atoms with Crippen molar-refractivity contribution in [2.75, 3.05) is 6.61 Å². The summed E-state index contributed by atoms with van der Waals surface area (Å²) in [4.78, 5) is 0. The van der Waals surface area contributed by atoms with Gasteiger partial charge in [0.05, 0.1) is 18.1 Å². The Morgan fingerprint density at radius 1 is 1.41 bits per heavy atom. The Morgan fingerprint density at radius 2 is 2.24 bits per heavy atom. The van der Waals surface area contributed by atoms with Gasteiger partial charge in [0.2, 0.25) is 0 Å². The van der Waals surface area contributed by atoms with E-state index in [1.165, 1.54) is 5.56 Å². The van der Waals surface area contributed by atoms with E-state index in [1.54, 1.807) is 0 Å². The Bertz CT molecular complexity index is 500. The van der Waals surface area contributed by atoms with Gasteiger partial charge in [0.25, 0.3) is 0 Å². The molecule has 0 radical (unpaired) electrons. The highest BCUT2D eigenvalue weighted by Gasteiger charge is 2.38. The van der Waals surface area contributed by atoms with Crippen LogP contribution in [0.25, 0.3) is 0 Å². The molecule has 88 valence electrons. The molecule has 1 aromatic carbocycles. The van der Waals surface area contributed by atoms with Gasteiger partial charge in [0.15, 0.2) is 0 Å². The number of hydrogen-bond donors (Lipinski definition) is 0. The zero-order chi connectivity index (χ0) is 11.9. The highest BCUT2D eigenvalue weighted by atomic mass is 35.5. The van der Waals surface area contributed by atoms with Crippen molar-refractivity contribution in [1.82, 2.24) is 0 Å². The lowest BCUT2D eigenvalue weighted by Gasteiger charge is -2.35. The average Bonchev–Trinajstić information content (AvgIpc) is 2.71. The van der Waals surface area contributed by atoms with Crippen molar-refractivity contribution < 1.29 is 4.74 Å². The first-order chi connectivity index (χ1) is 8.22. The predicted octanol–water partition coefficient (Wildman–Crippen LogP) is 3.51. The number of ether oxygens (including phenoxy) is 1. The molecule has 0 spiro atoms. The van der Waals surface area contributed by atoms with E-state index in [9.17, 15) is 5.26 Å². The summed E-state index contributed by atoms with van der Waals surface area (Å²) in [6.45, 7) is 0.738. The highest BCUT2D eigenvalue weighted by Crippen LogP contribution is 2.46. The van der Waals surface area contributed by atoms with Crippen LogP contribution in [0.1, 0.15) is 30.4 Å². The number of halogens is 1. The fourth-order valence-electron chi connectivity index (χ4n) is 2.77. The summed E-state index contributed by atoms with van der Waals surface area (Å²) in [6, 6.07) is 6.42. The fraction of sp³-hybridized carbons (Fsp3) is 0.500. The van der Waals surface area contributed by atoms with Crippen LogP contribution in [0.15, 0.2) is 12.1 Å². The van der Waals surface area contributed by atoms with Gasteiger partial charge in [-0.15, -0.1) is 0 Å². The Balaban J connectivity index is 1.96. The van der Waals surface area contributed by atoms with E-state index in [1.807, 2.05) is 12.1 Å². The third-order valence-electron chi connectivity index (χ3n) is 3.90. The van der Waals surface area contributed by atoms with Gasteiger partial charge in [0.1, 0.15) is 5.75 Å². The lowest BCUT2D eigenvalue weighted by molar-refractivity contribution is 0.211. The van der Waals surface area contributed by atoms with Gasteiger partial charge in [-0.3, -0.25) is 0 Å². The molecule has 17 heavy (non-hydrogen) atoms. The van der Waals surface area contributed by atoms with Gasteiger partial charge in [0, 0.05) is 11.4 Å². The molecule has 0 saturated heterocycles.